The Morgan fingerprint density at radius 3 is 2.45 bits per heavy atom. The quantitative estimate of drug-likeness (QED) is 0.889. The maximum absolute atomic E-state index is 12.3. The number of rotatable bonds is 5. The first-order chi connectivity index (χ1) is 9.16. The average molecular weight is 280 g/mol. The fourth-order valence-electron chi connectivity index (χ4n) is 1.41. The largest absolute Gasteiger partial charge is 0.480 e. The van der Waals surface area contributed by atoms with Gasteiger partial charge < -0.3 is 14.7 Å². The smallest absolute Gasteiger partial charge is 0.329 e. The monoisotopic (exact) mass is 280 g/mol. The highest BCUT2D eigenvalue weighted by Gasteiger charge is 2.36. The molecule has 6 nitrogen and oxygen atoms in total. The third-order valence-corrected chi connectivity index (χ3v) is 2.97. The number of hydrogen-bond donors (Lipinski definition) is 1. The van der Waals surface area contributed by atoms with Gasteiger partial charge in [0.05, 0.1) is 6.10 Å². The zero-order valence-electron chi connectivity index (χ0n) is 12.4. The number of hydrogen-bond acceptors (Lipinski definition) is 4. The molecule has 0 saturated heterocycles. The van der Waals surface area contributed by atoms with Crippen molar-refractivity contribution < 1.29 is 19.4 Å². The maximum atomic E-state index is 12.3. The van der Waals surface area contributed by atoms with Gasteiger partial charge in [0.2, 0.25) is 5.88 Å². The van der Waals surface area contributed by atoms with Gasteiger partial charge in [-0.15, -0.1) is 0 Å². The van der Waals surface area contributed by atoms with Crippen LogP contribution in [0.25, 0.3) is 0 Å². The van der Waals surface area contributed by atoms with E-state index in [1.807, 2.05) is 13.8 Å². The Kier molecular flexibility index (Phi) is 4.70. The van der Waals surface area contributed by atoms with Gasteiger partial charge in [0, 0.05) is 13.1 Å². The van der Waals surface area contributed by atoms with Crippen LogP contribution in [0.2, 0.25) is 0 Å². The number of carboxylic acid groups (broad SMARTS) is 1. The van der Waals surface area contributed by atoms with Crippen molar-refractivity contribution in [2.24, 2.45) is 0 Å². The van der Waals surface area contributed by atoms with E-state index in [1.54, 1.807) is 12.1 Å². The summed E-state index contributed by atoms with van der Waals surface area (Å²) in [5, 5.41) is 9.14. The molecule has 0 fully saturated rings. The molecule has 0 aliphatic carbocycles. The number of carboxylic acids is 1. The number of aromatic nitrogens is 1. The van der Waals surface area contributed by atoms with E-state index in [0.717, 1.165) is 4.90 Å². The molecular weight excluding hydrogens is 260 g/mol. The first kappa shape index (κ1) is 15.9. The van der Waals surface area contributed by atoms with Gasteiger partial charge in [-0.3, -0.25) is 4.79 Å². The molecule has 1 aromatic rings. The van der Waals surface area contributed by atoms with Crippen molar-refractivity contribution in [3.05, 3.63) is 23.9 Å². The highest BCUT2D eigenvalue weighted by atomic mass is 16.5. The molecule has 1 amide bonds. The summed E-state index contributed by atoms with van der Waals surface area (Å²) in [7, 11) is 1.44. The highest BCUT2D eigenvalue weighted by molar-refractivity contribution is 5.96. The minimum Gasteiger partial charge on any atom is -0.480 e. The number of carbonyl (C=O) groups is 2. The Bertz CT molecular complexity index is 512. The molecular formula is C14H20N2O4. The van der Waals surface area contributed by atoms with Gasteiger partial charge in [-0.05, 0) is 33.8 Å². The number of nitrogens with zero attached hydrogens (tertiary/aromatic N) is 2. The van der Waals surface area contributed by atoms with Crippen LogP contribution in [0.1, 0.15) is 38.2 Å². The Morgan fingerprint density at radius 2 is 1.95 bits per heavy atom. The fourth-order valence-corrected chi connectivity index (χ4v) is 1.41. The summed E-state index contributed by atoms with van der Waals surface area (Å²) < 4.78 is 5.42. The second kappa shape index (κ2) is 5.90. The van der Waals surface area contributed by atoms with E-state index in [9.17, 15) is 9.59 Å². The van der Waals surface area contributed by atoms with Gasteiger partial charge in [-0.25, -0.2) is 9.78 Å². The van der Waals surface area contributed by atoms with E-state index < -0.39 is 17.4 Å². The Balaban J connectivity index is 3.00. The average Bonchev–Trinajstić information content (AvgIpc) is 2.36. The van der Waals surface area contributed by atoms with Gasteiger partial charge in [-0.2, -0.15) is 0 Å². The van der Waals surface area contributed by atoms with Crippen molar-refractivity contribution in [3.63, 3.8) is 0 Å². The highest BCUT2D eigenvalue weighted by Crippen LogP contribution is 2.17. The van der Waals surface area contributed by atoms with Crippen LogP contribution in [-0.2, 0) is 4.79 Å². The number of aliphatic carboxylic acids is 1. The molecule has 0 atom stereocenters. The van der Waals surface area contributed by atoms with Gasteiger partial charge >= 0.3 is 5.97 Å². The van der Waals surface area contributed by atoms with Crippen molar-refractivity contribution in [1.29, 1.82) is 0 Å². The Hall–Kier alpha value is -2.11. The lowest BCUT2D eigenvalue weighted by atomic mass is 10.0. The third-order valence-electron chi connectivity index (χ3n) is 2.97. The number of pyridine rings is 1. The van der Waals surface area contributed by atoms with Crippen molar-refractivity contribution in [2.75, 3.05) is 7.05 Å². The second-order valence-corrected chi connectivity index (χ2v) is 5.26. The third kappa shape index (κ3) is 3.46. The molecule has 0 radical (unpaired) electrons. The van der Waals surface area contributed by atoms with E-state index in [1.165, 1.54) is 27.0 Å². The molecule has 0 spiro atoms. The number of amides is 1. The molecule has 0 aliphatic heterocycles. The standard InChI is InChI=1S/C14H20N2O4/c1-9(2)20-11-8-6-7-10(15-11)12(17)16(5)14(3,4)13(18)19/h6-9H,1-5H3,(H,18,19). The van der Waals surface area contributed by atoms with E-state index >= 15 is 0 Å². The van der Waals surface area contributed by atoms with Crippen LogP contribution in [0, 0.1) is 0 Å². The lowest BCUT2D eigenvalue weighted by molar-refractivity contribution is -0.147. The zero-order chi connectivity index (χ0) is 15.5. The molecule has 1 N–H and O–H groups in total. The van der Waals surface area contributed by atoms with Crippen molar-refractivity contribution >= 4 is 11.9 Å². The lowest BCUT2D eigenvalue weighted by Crippen LogP contribution is -2.50. The Morgan fingerprint density at radius 1 is 1.35 bits per heavy atom. The second-order valence-electron chi connectivity index (χ2n) is 5.26. The fraction of sp³-hybridized carbons (Fsp3) is 0.500. The first-order valence-electron chi connectivity index (χ1n) is 6.31. The molecule has 6 heteroatoms. The van der Waals surface area contributed by atoms with Crippen molar-refractivity contribution in [1.82, 2.24) is 9.88 Å². The molecule has 1 aromatic heterocycles. The molecule has 0 bridgehead atoms. The number of ether oxygens (including phenoxy) is 1. The van der Waals surface area contributed by atoms with Gasteiger partial charge in [-0.1, -0.05) is 6.07 Å². The van der Waals surface area contributed by atoms with Gasteiger partial charge in [0.1, 0.15) is 11.2 Å². The first-order valence-corrected chi connectivity index (χ1v) is 6.31. The number of carbonyl (C=O) groups excluding carboxylic acids is 1. The molecule has 1 heterocycles. The molecule has 0 unspecified atom stereocenters. The number of likely N-dealkylation sites (N-methyl/N-ethyl adjacent to an activating group) is 1. The van der Waals surface area contributed by atoms with E-state index in [0.29, 0.717) is 5.88 Å². The summed E-state index contributed by atoms with van der Waals surface area (Å²) in [6.45, 7) is 6.63. The topological polar surface area (TPSA) is 79.7 Å². The molecule has 110 valence electrons. The molecule has 1 rings (SSSR count). The van der Waals surface area contributed by atoms with Crippen LogP contribution in [0.4, 0.5) is 0 Å². The summed E-state index contributed by atoms with van der Waals surface area (Å²) >= 11 is 0. The summed E-state index contributed by atoms with van der Waals surface area (Å²) in [5.41, 5.74) is -1.16. The van der Waals surface area contributed by atoms with Gasteiger partial charge in [0.15, 0.2) is 0 Å². The van der Waals surface area contributed by atoms with E-state index in [-0.39, 0.29) is 11.8 Å². The maximum Gasteiger partial charge on any atom is 0.329 e. The van der Waals surface area contributed by atoms with Crippen LogP contribution < -0.4 is 4.74 Å². The van der Waals surface area contributed by atoms with Crippen LogP contribution in [0.5, 0.6) is 5.88 Å². The van der Waals surface area contributed by atoms with Crippen molar-refractivity contribution in [2.45, 2.75) is 39.3 Å². The SMILES string of the molecule is CC(C)Oc1cccc(C(=O)N(C)C(C)(C)C(=O)O)n1. The minimum absolute atomic E-state index is 0.0546. The zero-order valence-corrected chi connectivity index (χ0v) is 12.4. The van der Waals surface area contributed by atoms with E-state index in [2.05, 4.69) is 4.98 Å². The molecule has 0 saturated carbocycles. The normalized spacial score (nSPS) is 11.3. The Labute approximate surface area is 118 Å². The lowest BCUT2D eigenvalue weighted by Gasteiger charge is -2.31. The summed E-state index contributed by atoms with van der Waals surface area (Å²) in [5.74, 6) is -1.21. The van der Waals surface area contributed by atoms with Gasteiger partial charge in [0.25, 0.3) is 5.91 Å². The molecule has 0 aliphatic rings. The van der Waals surface area contributed by atoms with Crippen LogP contribution in [0.15, 0.2) is 18.2 Å². The van der Waals surface area contributed by atoms with Crippen molar-refractivity contribution in [3.8, 4) is 5.88 Å². The van der Waals surface area contributed by atoms with Crippen LogP contribution in [-0.4, -0.2) is 45.6 Å². The predicted molar refractivity (Wildman–Crippen MR) is 73.8 cm³/mol. The molecule has 0 aromatic carbocycles. The van der Waals surface area contributed by atoms with Crippen LogP contribution >= 0.6 is 0 Å². The van der Waals surface area contributed by atoms with Crippen LogP contribution in [0.3, 0.4) is 0 Å². The summed E-state index contributed by atoms with van der Waals surface area (Å²) in [4.78, 5) is 28.7. The minimum atomic E-state index is -1.31. The predicted octanol–water partition coefficient (Wildman–Crippen LogP) is 1.80. The molecule has 20 heavy (non-hydrogen) atoms. The van der Waals surface area contributed by atoms with E-state index in [4.69, 9.17) is 9.84 Å². The summed E-state index contributed by atoms with van der Waals surface area (Å²) in [6.07, 6.45) is -0.0546. The summed E-state index contributed by atoms with van der Waals surface area (Å²) in [6, 6.07) is 4.84.